The number of rotatable bonds is 8. The first-order valence-electron chi connectivity index (χ1n) is 12.9. The molecule has 0 aromatic heterocycles. The van der Waals surface area contributed by atoms with Crippen molar-refractivity contribution < 1.29 is 0 Å². The van der Waals surface area contributed by atoms with Crippen LogP contribution in [0.1, 0.15) is 44.5 Å². The van der Waals surface area contributed by atoms with Crippen molar-refractivity contribution in [2.75, 3.05) is 0 Å². The van der Waals surface area contributed by atoms with E-state index in [1.165, 1.54) is 38.9 Å². The Kier molecular flexibility index (Phi) is 8.37. The van der Waals surface area contributed by atoms with Crippen LogP contribution >= 0.6 is 0 Å². The highest BCUT2D eigenvalue weighted by atomic mass is 14.1. The van der Waals surface area contributed by atoms with Crippen molar-refractivity contribution in [2.45, 2.75) is 0 Å². The molecular weight excluding hydrogens is 456 g/mol. The molecular formula is C38H30. The average molecular weight is 487 g/mol. The molecule has 0 saturated heterocycles. The highest BCUT2D eigenvalue weighted by Crippen LogP contribution is 2.26. The lowest BCUT2D eigenvalue weighted by atomic mass is 9.94. The van der Waals surface area contributed by atoms with E-state index < -0.39 is 0 Å². The third-order valence-corrected chi connectivity index (χ3v) is 6.29. The smallest absolute Gasteiger partial charge is 0.0111 e. The minimum Gasteiger partial charge on any atom is -0.0622 e. The molecule has 0 radical (unpaired) electrons. The fraction of sp³-hybridized carbons (Fsp3) is 0. The van der Waals surface area contributed by atoms with Gasteiger partial charge in [0.05, 0.1) is 0 Å². The lowest BCUT2D eigenvalue weighted by Gasteiger charge is -2.10. The molecule has 0 N–H and O–H groups in total. The van der Waals surface area contributed by atoms with Crippen molar-refractivity contribution in [3.63, 3.8) is 0 Å². The molecule has 0 unspecified atom stereocenters. The van der Waals surface area contributed by atoms with Crippen LogP contribution in [0.3, 0.4) is 0 Å². The Morgan fingerprint density at radius 3 is 0.921 bits per heavy atom. The molecule has 0 amide bonds. The zero-order chi connectivity index (χ0) is 25.8. The molecule has 5 aromatic carbocycles. The van der Waals surface area contributed by atoms with Crippen molar-refractivity contribution in [1.29, 1.82) is 0 Å². The van der Waals surface area contributed by atoms with Crippen LogP contribution in [0.15, 0.2) is 133 Å². The second-order valence-corrected chi connectivity index (χ2v) is 9.09. The van der Waals surface area contributed by atoms with Gasteiger partial charge in [0.1, 0.15) is 0 Å². The first-order valence-corrected chi connectivity index (χ1v) is 12.9. The molecule has 0 aliphatic rings. The van der Waals surface area contributed by atoms with Crippen LogP contribution in [0.25, 0.3) is 48.6 Å². The quantitative estimate of drug-likeness (QED) is 0.191. The van der Waals surface area contributed by atoms with Gasteiger partial charge in [-0.3, -0.25) is 0 Å². The van der Waals surface area contributed by atoms with E-state index in [1.807, 2.05) is 24.3 Å². The second kappa shape index (κ2) is 12.9. The van der Waals surface area contributed by atoms with Gasteiger partial charge >= 0.3 is 0 Å². The van der Waals surface area contributed by atoms with Gasteiger partial charge < -0.3 is 0 Å². The van der Waals surface area contributed by atoms with Crippen LogP contribution in [0.2, 0.25) is 0 Å². The van der Waals surface area contributed by atoms with Gasteiger partial charge in [-0.1, -0.05) is 170 Å². The minimum atomic E-state index is 1.16. The standard InChI is InChI=1S/C38H30/c1-5-13-31(14-6-1)21-22-35-29-36(26-23-32-15-7-2-8-16-32)38(28-25-34-19-11-4-12-20-34)37(30-35)27-24-33-17-9-3-10-18-33/h1-30H/b22-21+,26-23+,27-24+,28-25+. The van der Waals surface area contributed by atoms with Crippen molar-refractivity contribution >= 4 is 48.6 Å². The molecule has 0 fully saturated rings. The Morgan fingerprint density at radius 1 is 0.263 bits per heavy atom. The van der Waals surface area contributed by atoms with Crippen LogP contribution < -0.4 is 0 Å². The van der Waals surface area contributed by atoms with E-state index in [9.17, 15) is 0 Å². The van der Waals surface area contributed by atoms with E-state index in [0.29, 0.717) is 0 Å². The largest absolute Gasteiger partial charge is 0.0622 e. The zero-order valence-electron chi connectivity index (χ0n) is 21.3. The second-order valence-electron chi connectivity index (χ2n) is 9.09. The van der Waals surface area contributed by atoms with Crippen LogP contribution in [0.4, 0.5) is 0 Å². The van der Waals surface area contributed by atoms with E-state index in [2.05, 4.69) is 158 Å². The maximum Gasteiger partial charge on any atom is -0.0111 e. The van der Waals surface area contributed by atoms with Crippen molar-refractivity contribution in [3.05, 3.63) is 178 Å². The number of benzene rings is 5. The summed E-state index contributed by atoms with van der Waals surface area (Å²) in [6.07, 6.45) is 17.6. The molecule has 0 atom stereocenters. The van der Waals surface area contributed by atoms with Gasteiger partial charge in [-0.2, -0.15) is 0 Å². The molecule has 0 heteroatoms. The molecule has 0 heterocycles. The average Bonchev–Trinajstić information content (AvgIpc) is 2.99. The Labute approximate surface area is 226 Å². The van der Waals surface area contributed by atoms with E-state index in [1.54, 1.807) is 0 Å². The third kappa shape index (κ3) is 7.06. The Balaban J connectivity index is 1.62. The molecule has 0 nitrogen and oxygen atoms in total. The fourth-order valence-electron chi connectivity index (χ4n) is 4.29. The maximum absolute atomic E-state index is 2.27. The molecule has 0 saturated carbocycles. The Hall–Kier alpha value is -4.94. The molecule has 182 valence electrons. The lowest BCUT2D eigenvalue weighted by molar-refractivity contribution is 1.54. The molecule has 5 rings (SSSR count). The lowest BCUT2D eigenvalue weighted by Crippen LogP contribution is -1.90. The van der Waals surface area contributed by atoms with E-state index >= 15 is 0 Å². The van der Waals surface area contributed by atoms with Gasteiger partial charge in [0.15, 0.2) is 0 Å². The summed E-state index contributed by atoms with van der Waals surface area (Å²) in [4.78, 5) is 0. The normalized spacial score (nSPS) is 11.8. The summed E-state index contributed by atoms with van der Waals surface area (Å²) in [7, 11) is 0. The molecule has 0 aliphatic heterocycles. The highest BCUT2D eigenvalue weighted by Gasteiger charge is 2.06. The fourth-order valence-corrected chi connectivity index (χ4v) is 4.29. The zero-order valence-corrected chi connectivity index (χ0v) is 21.3. The Bertz CT molecular complexity index is 1480. The SMILES string of the molecule is C(=C\c1cc(/C=C/c2ccccc2)c(/C=C/c2ccccc2)c(/C=C/c2ccccc2)c1)/c1ccccc1. The predicted octanol–water partition coefficient (Wildman–Crippen LogP) is 10.4. The summed E-state index contributed by atoms with van der Waals surface area (Å²) in [5.74, 6) is 0. The van der Waals surface area contributed by atoms with Gasteiger partial charge in [-0.05, 0) is 56.6 Å². The molecule has 0 aliphatic carbocycles. The monoisotopic (exact) mass is 486 g/mol. The van der Waals surface area contributed by atoms with Crippen molar-refractivity contribution in [1.82, 2.24) is 0 Å². The summed E-state index contributed by atoms with van der Waals surface area (Å²) in [6, 6.07) is 46.3. The van der Waals surface area contributed by atoms with Crippen LogP contribution in [0.5, 0.6) is 0 Å². The van der Waals surface area contributed by atoms with Crippen LogP contribution in [-0.2, 0) is 0 Å². The highest BCUT2D eigenvalue weighted by molar-refractivity contribution is 5.88. The summed E-state index contributed by atoms with van der Waals surface area (Å²) in [5.41, 5.74) is 9.40. The first kappa shape index (κ1) is 24.7. The van der Waals surface area contributed by atoms with Crippen molar-refractivity contribution in [2.24, 2.45) is 0 Å². The van der Waals surface area contributed by atoms with E-state index in [4.69, 9.17) is 0 Å². The number of hydrogen-bond acceptors (Lipinski definition) is 0. The molecule has 5 aromatic rings. The molecule has 38 heavy (non-hydrogen) atoms. The van der Waals surface area contributed by atoms with E-state index in [0.717, 1.165) is 5.56 Å². The first-order chi connectivity index (χ1) is 18.8. The molecule has 0 bridgehead atoms. The van der Waals surface area contributed by atoms with Crippen LogP contribution in [-0.4, -0.2) is 0 Å². The van der Waals surface area contributed by atoms with Crippen LogP contribution in [0, 0.1) is 0 Å². The molecule has 0 spiro atoms. The van der Waals surface area contributed by atoms with Gasteiger partial charge in [0, 0.05) is 0 Å². The predicted molar refractivity (Wildman–Crippen MR) is 168 cm³/mol. The van der Waals surface area contributed by atoms with Crippen molar-refractivity contribution in [3.8, 4) is 0 Å². The van der Waals surface area contributed by atoms with Gasteiger partial charge in [-0.25, -0.2) is 0 Å². The van der Waals surface area contributed by atoms with E-state index in [-0.39, 0.29) is 0 Å². The summed E-state index contributed by atoms with van der Waals surface area (Å²) in [5, 5.41) is 0. The number of hydrogen-bond donors (Lipinski definition) is 0. The summed E-state index contributed by atoms with van der Waals surface area (Å²) in [6.45, 7) is 0. The summed E-state index contributed by atoms with van der Waals surface area (Å²) >= 11 is 0. The third-order valence-electron chi connectivity index (χ3n) is 6.29. The maximum atomic E-state index is 2.27. The topological polar surface area (TPSA) is 0 Å². The summed E-state index contributed by atoms with van der Waals surface area (Å²) < 4.78 is 0. The Morgan fingerprint density at radius 2 is 0.553 bits per heavy atom. The minimum absolute atomic E-state index is 1.16. The van der Waals surface area contributed by atoms with Gasteiger partial charge in [-0.15, -0.1) is 0 Å². The van der Waals surface area contributed by atoms with Gasteiger partial charge in [0.2, 0.25) is 0 Å². The van der Waals surface area contributed by atoms with Gasteiger partial charge in [0.25, 0.3) is 0 Å².